The van der Waals surface area contributed by atoms with Crippen LogP contribution in [0.15, 0.2) is 48.7 Å². The van der Waals surface area contributed by atoms with E-state index in [0.717, 1.165) is 6.42 Å². The van der Waals surface area contributed by atoms with Crippen molar-refractivity contribution in [3.05, 3.63) is 76.5 Å². The minimum atomic E-state index is 0.565. The summed E-state index contributed by atoms with van der Waals surface area (Å²) in [6, 6.07) is 16.2. The van der Waals surface area contributed by atoms with Crippen LogP contribution >= 0.6 is 0 Å². The molecular formula is C34H42N+. The zero-order valence-corrected chi connectivity index (χ0v) is 22.5. The van der Waals surface area contributed by atoms with Crippen molar-refractivity contribution < 1.29 is 4.57 Å². The molecule has 6 rings (SSSR count). The first-order chi connectivity index (χ1) is 16.8. The highest BCUT2D eigenvalue weighted by Gasteiger charge is 2.41. The molecular weight excluding hydrogens is 422 g/mol. The predicted molar refractivity (Wildman–Crippen MR) is 147 cm³/mol. The molecule has 1 aromatic heterocycles. The Balaban J connectivity index is 1.33. The highest BCUT2D eigenvalue weighted by molar-refractivity contribution is 5.85. The molecule has 2 saturated carbocycles. The largest absolute Gasteiger partial charge is 0.213 e. The van der Waals surface area contributed by atoms with Crippen LogP contribution in [0.25, 0.3) is 22.4 Å². The maximum absolute atomic E-state index is 2.58. The summed E-state index contributed by atoms with van der Waals surface area (Å²) >= 11 is 0. The Labute approximate surface area is 212 Å². The second-order valence-corrected chi connectivity index (χ2v) is 13.0. The molecule has 0 atom stereocenters. The van der Waals surface area contributed by atoms with Crippen LogP contribution in [-0.2, 0) is 13.5 Å². The number of pyridine rings is 1. The van der Waals surface area contributed by atoms with Crippen LogP contribution < -0.4 is 4.57 Å². The van der Waals surface area contributed by atoms with Gasteiger partial charge in [0.05, 0.1) is 5.56 Å². The van der Waals surface area contributed by atoms with E-state index < -0.39 is 0 Å². The molecule has 35 heavy (non-hydrogen) atoms. The van der Waals surface area contributed by atoms with E-state index in [1.165, 1.54) is 96.0 Å². The van der Waals surface area contributed by atoms with Crippen molar-refractivity contribution in [1.82, 2.24) is 0 Å². The molecule has 1 heterocycles. The van der Waals surface area contributed by atoms with Gasteiger partial charge in [0.2, 0.25) is 5.69 Å². The molecule has 3 aromatic rings. The molecule has 182 valence electrons. The van der Waals surface area contributed by atoms with Crippen molar-refractivity contribution in [3.63, 3.8) is 0 Å². The van der Waals surface area contributed by atoms with Gasteiger partial charge >= 0.3 is 0 Å². The molecule has 0 bridgehead atoms. The van der Waals surface area contributed by atoms with Crippen LogP contribution in [0, 0.1) is 24.7 Å². The summed E-state index contributed by atoms with van der Waals surface area (Å²) in [5, 5.41) is 0. The Morgan fingerprint density at radius 2 is 1.51 bits per heavy atom. The average molecular weight is 465 g/mol. The third kappa shape index (κ3) is 3.96. The van der Waals surface area contributed by atoms with Crippen molar-refractivity contribution in [2.75, 3.05) is 0 Å². The normalized spacial score (nSPS) is 20.6. The van der Waals surface area contributed by atoms with E-state index in [0.29, 0.717) is 16.7 Å². The monoisotopic (exact) mass is 464 g/mol. The van der Waals surface area contributed by atoms with Crippen LogP contribution in [0.3, 0.4) is 0 Å². The Morgan fingerprint density at radius 3 is 2.26 bits per heavy atom. The second-order valence-electron chi connectivity index (χ2n) is 13.0. The smallest absolute Gasteiger partial charge is 0.201 e. The van der Waals surface area contributed by atoms with Gasteiger partial charge in [0, 0.05) is 11.6 Å². The Kier molecular flexibility index (Phi) is 5.47. The summed E-state index contributed by atoms with van der Waals surface area (Å²) in [6.07, 6.45) is 14.8. The van der Waals surface area contributed by atoms with E-state index in [9.17, 15) is 0 Å². The number of aryl methyl sites for hydroxylation is 3. The molecule has 2 aromatic carbocycles. The fourth-order valence-corrected chi connectivity index (χ4v) is 7.67. The number of rotatable bonds is 2. The lowest BCUT2D eigenvalue weighted by Crippen LogP contribution is -2.35. The summed E-state index contributed by atoms with van der Waals surface area (Å²) in [5.41, 5.74) is 14.4. The standard InChI is InChI=1S/C34H42N/c1-23-10-11-28-27-9-7-6-8-26(27)20-30(28)32(23)31-21-29(24(2)22-35(31)5)25-12-14-34(15-13-25)18-16-33(3,4)17-19-34/h6-11,21-22,25H,12-20H2,1-5H3/q+1. The van der Waals surface area contributed by atoms with Crippen LogP contribution in [-0.4, -0.2) is 0 Å². The molecule has 1 heteroatoms. The minimum Gasteiger partial charge on any atom is -0.201 e. The minimum absolute atomic E-state index is 0.565. The first kappa shape index (κ1) is 23.0. The van der Waals surface area contributed by atoms with Crippen LogP contribution in [0.4, 0.5) is 0 Å². The highest BCUT2D eigenvalue weighted by Crippen LogP contribution is 2.55. The number of benzene rings is 2. The third-order valence-corrected chi connectivity index (χ3v) is 10.1. The number of nitrogens with zero attached hydrogens (tertiary/aromatic N) is 1. The van der Waals surface area contributed by atoms with Gasteiger partial charge in [-0.2, -0.15) is 0 Å². The van der Waals surface area contributed by atoms with E-state index in [1.54, 1.807) is 5.56 Å². The average Bonchev–Trinajstić information content (AvgIpc) is 3.21. The van der Waals surface area contributed by atoms with Gasteiger partial charge in [-0.25, -0.2) is 4.57 Å². The molecule has 0 aliphatic heterocycles. The summed E-state index contributed by atoms with van der Waals surface area (Å²) in [4.78, 5) is 0. The molecule has 2 fully saturated rings. The van der Waals surface area contributed by atoms with E-state index in [1.807, 2.05) is 0 Å². The lowest BCUT2D eigenvalue weighted by atomic mass is 9.58. The molecule has 0 amide bonds. The Hall–Kier alpha value is -2.41. The molecule has 1 spiro atoms. The topological polar surface area (TPSA) is 3.88 Å². The van der Waals surface area contributed by atoms with E-state index >= 15 is 0 Å². The van der Waals surface area contributed by atoms with Gasteiger partial charge in [-0.15, -0.1) is 0 Å². The fraction of sp³-hybridized carbons (Fsp3) is 0.500. The van der Waals surface area contributed by atoms with Crippen LogP contribution in [0.2, 0.25) is 0 Å². The highest BCUT2D eigenvalue weighted by atomic mass is 14.9. The summed E-state index contributed by atoms with van der Waals surface area (Å²) in [6.45, 7) is 9.58. The number of fused-ring (bicyclic) bond motifs is 3. The van der Waals surface area contributed by atoms with Gasteiger partial charge in [-0.05, 0) is 122 Å². The first-order valence-corrected chi connectivity index (χ1v) is 14.0. The number of hydrogen-bond acceptors (Lipinski definition) is 0. The summed E-state index contributed by atoms with van der Waals surface area (Å²) < 4.78 is 2.39. The number of aromatic nitrogens is 1. The second kappa shape index (κ2) is 8.32. The van der Waals surface area contributed by atoms with Crippen LogP contribution in [0.1, 0.15) is 98.9 Å². The maximum Gasteiger partial charge on any atom is 0.213 e. The van der Waals surface area contributed by atoms with E-state index in [2.05, 4.69) is 88.0 Å². The van der Waals surface area contributed by atoms with Crippen molar-refractivity contribution >= 4 is 0 Å². The van der Waals surface area contributed by atoms with Gasteiger partial charge in [0.25, 0.3) is 0 Å². The van der Waals surface area contributed by atoms with Gasteiger partial charge in [0.1, 0.15) is 7.05 Å². The SMILES string of the molecule is Cc1c[n+](C)c(-c2c(C)ccc3c2Cc2ccccc2-3)cc1C1CCC2(CC1)CCC(C)(C)CC2. The van der Waals surface area contributed by atoms with Gasteiger partial charge in [0.15, 0.2) is 6.20 Å². The van der Waals surface area contributed by atoms with Gasteiger partial charge in [-0.3, -0.25) is 0 Å². The predicted octanol–water partition coefficient (Wildman–Crippen LogP) is 8.61. The van der Waals surface area contributed by atoms with Crippen molar-refractivity contribution in [2.24, 2.45) is 17.9 Å². The van der Waals surface area contributed by atoms with Gasteiger partial charge < -0.3 is 0 Å². The molecule has 0 unspecified atom stereocenters. The van der Waals surface area contributed by atoms with Gasteiger partial charge in [-0.1, -0.05) is 50.2 Å². The Morgan fingerprint density at radius 1 is 0.800 bits per heavy atom. The van der Waals surface area contributed by atoms with E-state index in [4.69, 9.17) is 0 Å². The van der Waals surface area contributed by atoms with Crippen molar-refractivity contribution in [3.8, 4) is 22.4 Å². The van der Waals surface area contributed by atoms with Crippen LogP contribution in [0.5, 0.6) is 0 Å². The number of hydrogen-bond donors (Lipinski definition) is 0. The zero-order valence-electron chi connectivity index (χ0n) is 22.5. The molecule has 3 aliphatic rings. The lowest BCUT2D eigenvalue weighted by molar-refractivity contribution is -0.660. The van der Waals surface area contributed by atoms with E-state index in [-0.39, 0.29) is 0 Å². The molecule has 3 aliphatic carbocycles. The Bertz CT molecular complexity index is 1270. The summed E-state index contributed by atoms with van der Waals surface area (Å²) in [7, 11) is 2.24. The fourth-order valence-electron chi connectivity index (χ4n) is 7.67. The third-order valence-electron chi connectivity index (χ3n) is 10.1. The first-order valence-electron chi connectivity index (χ1n) is 14.0. The summed E-state index contributed by atoms with van der Waals surface area (Å²) in [5.74, 6) is 0.713. The van der Waals surface area contributed by atoms with Crippen molar-refractivity contribution in [2.45, 2.75) is 91.4 Å². The molecule has 0 saturated heterocycles. The van der Waals surface area contributed by atoms with Crippen molar-refractivity contribution in [1.29, 1.82) is 0 Å². The zero-order chi connectivity index (χ0) is 24.4. The quantitative estimate of drug-likeness (QED) is 0.261. The molecule has 0 radical (unpaired) electrons. The molecule has 0 N–H and O–H groups in total. The lowest BCUT2D eigenvalue weighted by Gasteiger charge is -2.47. The molecule has 1 nitrogen and oxygen atoms in total. The maximum atomic E-state index is 2.58.